The molecule has 0 spiro atoms. The number of H-pyrrole nitrogens is 1. The Balaban J connectivity index is 1.29. The van der Waals surface area contributed by atoms with E-state index in [0.717, 1.165) is 17.0 Å². The number of carbonyl (C=O) groups excluding carboxylic acids is 3. The molecule has 6 rings (SSSR count). The highest BCUT2D eigenvalue weighted by Crippen LogP contribution is 2.32. The summed E-state index contributed by atoms with van der Waals surface area (Å²) in [7, 11) is 0. The van der Waals surface area contributed by atoms with E-state index in [9.17, 15) is 23.2 Å². The highest BCUT2D eigenvalue weighted by Gasteiger charge is 2.31. The maximum absolute atomic E-state index is 14.0. The van der Waals surface area contributed by atoms with Crippen molar-refractivity contribution in [2.75, 3.05) is 10.6 Å². The van der Waals surface area contributed by atoms with Crippen LogP contribution in [0.15, 0.2) is 54.9 Å². The smallest absolute Gasteiger partial charge is 0.309 e. The van der Waals surface area contributed by atoms with E-state index in [1.54, 1.807) is 32.0 Å². The minimum atomic E-state index is -0.872. The fourth-order valence-corrected chi connectivity index (χ4v) is 5.33. The first-order chi connectivity index (χ1) is 20.5. The number of carbonyl (C=O) groups is 3. The molecule has 0 fully saturated rings. The largest absolute Gasteiger partial charge is 0.433 e. The lowest BCUT2D eigenvalue weighted by molar-refractivity contribution is -0.125. The van der Waals surface area contributed by atoms with Gasteiger partial charge in [-0.2, -0.15) is 5.10 Å². The third kappa shape index (κ3) is 4.89. The number of para-hydroxylation sites is 1. The van der Waals surface area contributed by atoms with E-state index in [1.807, 2.05) is 22.6 Å². The topological polar surface area (TPSA) is 136 Å². The van der Waals surface area contributed by atoms with Crippen LogP contribution in [0.4, 0.5) is 20.3 Å². The SMILES string of the molecule is Cc1cc(Oc2c(F)cccc2F)ncc1-n1ncc(C(=O)c2cc3cc(I)c(N4C(=O)C#C[C@@H](C)C4=O)cc3[nH]2)c1N. The Morgan fingerprint density at radius 3 is 2.58 bits per heavy atom. The van der Waals surface area contributed by atoms with Gasteiger partial charge >= 0.3 is 5.91 Å². The second-order valence-corrected chi connectivity index (χ2v) is 10.9. The van der Waals surface area contributed by atoms with Crippen LogP contribution < -0.4 is 15.4 Å². The van der Waals surface area contributed by atoms with Crippen molar-refractivity contribution in [3.8, 4) is 29.2 Å². The fourth-order valence-electron chi connectivity index (χ4n) is 4.60. The molecular formula is C30H19F2IN6O4. The van der Waals surface area contributed by atoms with Crippen LogP contribution in [0.3, 0.4) is 0 Å². The van der Waals surface area contributed by atoms with Gasteiger partial charge in [0.25, 0.3) is 0 Å². The van der Waals surface area contributed by atoms with E-state index in [0.29, 0.717) is 31.4 Å². The molecule has 4 heterocycles. The van der Waals surface area contributed by atoms with Crippen molar-refractivity contribution in [3.63, 3.8) is 0 Å². The summed E-state index contributed by atoms with van der Waals surface area (Å²) in [6.07, 6.45) is 2.68. The van der Waals surface area contributed by atoms with Gasteiger partial charge < -0.3 is 15.5 Å². The molecule has 3 N–H and O–H groups in total. The van der Waals surface area contributed by atoms with Gasteiger partial charge in [0, 0.05) is 20.5 Å². The Morgan fingerprint density at radius 2 is 1.86 bits per heavy atom. The minimum absolute atomic E-state index is 0.0368. The van der Waals surface area contributed by atoms with Crippen LogP contribution in [0.5, 0.6) is 11.6 Å². The summed E-state index contributed by atoms with van der Waals surface area (Å²) < 4.78 is 35.3. The normalized spacial score (nSPS) is 14.6. The molecule has 0 saturated heterocycles. The molecule has 0 bridgehead atoms. The summed E-state index contributed by atoms with van der Waals surface area (Å²) in [5.41, 5.74) is 8.53. The molecule has 1 atom stereocenters. The number of pyridine rings is 1. The maximum Gasteiger partial charge on any atom is 0.309 e. The van der Waals surface area contributed by atoms with Gasteiger partial charge in [0.05, 0.1) is 40.9 Å². The molecule has 214 valence electrons. The van der Waals surface area contributed by atoms with Gasteiger partial charge in [-0.15, -0.1) is 0 Å². The molecule has 0 radical (unpaired) electrons. The summed E-state index contributed by atoms with van der Waals surface area (Å²) in [4.78, 5) is 46.9. The number of fused-ring (bicyclic) bond motifs is 1. The number of nitrogens with one attached hydrogen (secondary N) is 1. The summed E-state index contributed by atoms with van der Waals surface area (Å²) in [6, 6.07) is 9.85. The number of nitrogens with two attached hydrogens (primary N) is 1. The molecule has 2 aromatic carbocycles. The molecular weight excluding hydrogens is 673 g/mol. The zero-order chi connectivity index (χ0) is 30.6. The number of amides is 2. The van der Waals surface area contributed by atoms with E-state index in [4.69, 9.17) is 10.5 Å². The quantitative estimate of drug-likeness (QED) is 0.110. The predicted molar refractivity (Wildman–Crippen MR) is 161 cm³/mol. The first-order valence-electron chi connectivity index (χ1n) is 12.7. The predicted octanol–water partition coefficient (Wildman–Crippen LogP) is 5.06. The van der Waals surface area contributed by atoms with Gasteiger partial charge in [-0.3, -0.25) is 14.4 Å². The zero-order valence-corrected chi connectivity index (χ0v) is 24.6. The number of nitrogens with zero attached hydrogens (tertiary/aromatic N) is 4. The van der Waals surface area contributed by atoms with Crippen LogP contribution in [-0.2, 0) is 9.59 Å². The van der Waals surface area contributed by atoms with Crippen molar-refractivity contribution < 1.29 is 27.9 Å². The number of aromatic nitrogens is 4. The molecule has 1 aliphatic heterocycles. The highest BCUT2D eigenvalue weighted by atomic mass is 127. The number of hydrogen-bond acceptors (Lipinski definition) is 7. The van der Waals surface area contributed by atoms with Gasteiger partial charge in [-0.05, 0) is 78.3 Å². The number of anilines is 2. The lowest BCUT2D eigenvalue weighted by Crippen LogP contribution is -2.42. The van der Waals surface area contributed by atoms with Crippen molar-refractivity contribution in [2.24, 2.45) is 5.92 Å². The summed E-state index contributed by atoms with van der Waals surface area (Å²) in [6.45, 7) is 3.33. The van der Waals surface area contributed by atoms with Gasteiger partial charge in [0.2, 0.25) is 23.3 Å². The molecule has 3 aromatic heterocycles. The zero-order valence-electron chi connectivity index (χ0n) is 22.4. The number of aryl methyl sites for hydroxylation is 1. The Hall–Kier alpha value is -5.10. The van der Waals surface area contributed by atoms with E-state index in [1.165, 1.54) is 29.2 Å². The number of imide groups is 1. The van der Waals surface area contributed by atoms with Crippen LogP contribution in [0, 0.1) is 39.9 Å². The average molecular weight is 692 g/mol. The Morgan fingerprint density at radius 1 is 1.12 bits per heavy atom. The number of halogens is 3. The number of hydrogen-bond donors (Lipinski definition) is 2. The van der Waals surface area contributed by atoms with E-state index in [2.05, 4.69) is 26.9 Å². The number of nitrogen functional groups attached to an aromatic ring is 1. The van der Waals surface area contributed by atoms with E-state index < -0.39 is 40.9 Å². The van der Waals surface area contributed by atoms with Crippen molar-refractivity contribution in [1.29, 1.82) is 0 Å². The minimum Gasteiger partial charge on any atom is -0.433 e. The Bertz CT molecular complexity index is 2060. The van der Waals surface area contributed by atoms with Gasteiger partial charge in [-0.1, -0.05) is 12.0 Å². The number of rotatable bonds is 6. The number of ketones is 1. The summed E-state index contributed by atoms with van der Waals surface area (Å²) in [5.74, 6) is 0.630. The molecule has 0 saturated carbocycles. The van der Waals surface area contributed by atoms with Crippen molar-refractivity contribution in [1.82, 2.24) is 19.7 Å². The molecule has 10 nitrogen and oxygen atoms in total. The van der Waals surface area contributed by atoms with Crippen molar-refractivity contribution in [2.45, 2.75) is 13.8 Å². The Kier molecular flexibility index (Phi) is 6.93. The summed E-state index contributed by atoms with van der Waals surface area (Å²) >= 11 is 2.03. The lowest BCUT2D eigenvalue weighted by atomic mass is 10.1. The second-order valence-electron chi connectivity index (χ2n) is 9.69. The average Bonchev–Trinajstić information content (AvgIpc) is 3.56. The molecule has 5 aromatic rings. The van der Waals surface area contributed by atoms with E-state index in [-0.39, 0.29) is 23.0 Å². The fraction of sp³-hybridized carbons (Fsp3) is 0.100. The van der Waals surface area contributed by atoms with Crippen LogP contribution in [0.2, 0.25) is 0 Å². The third-order valence-corrected chi connectivity index (χ3v) is 7.69. The first kappa shape index (κ1) is 28.0. The van der Waals surface area contributed by atoms with Crippen molar-refractivity contribution in [3.05, 3.63) is 86.9 Å². The molecule has 0 unspecified atom stereocenters. The standard InChI is InChI=1S/C30H19F2IN6O4/c1-14-6-7-26(40)38(30(14)42)23-11-21-16(9-20(23)33)10-22(37-21)27(41)17-12-36-39(29(17)34)24-13-35-25(8-15(24)2)43-28-18(31)4-3-5-19(28)32/h3-5,8-14,37H,34H2,1-2H3/t14-/m1/s1. The van der Waals surface area contributed by atoms with Crippen LogP contribution in [0.25, 0.3) is 16.6 Å². The van der Waals surface area contributed by atoms with Gasteiger partial charge in [-0.25, -0.2) is 23.3 Å². The van der Waals surface area contributed by atoms with Crippen LogP contribution in [-0.4, -0.2) is 37.3 Å². The van der Waals surface area contributed by atoms with Gasteiger partial charge in [0.15, 0.2) is 11.6 Å². The number of ether oxygens (including phenoxy) is 1. The lowest BCUT2D eigenvalue weighted by Gasteiger charge is -2.23. The molecule has 0 aliphatic carbocycles. The first-order valence-corrected chi connectivity index (χ1v) is 13.8. The summed E-state index contributed by atoms with van der Waals surface area (Å²) in [5, 5.41) is 4.94. The van der Waals surface area contributed by atoms with Gasteiger partial charge in [0.1, 0.15) is 5.82 Å². The van der Waals surface area contributed by atoms with Crippen molar-refractivity contribution >= 4 is 62.6 Å². The monoisotopic (exact) mass is 692 g/mol. The molecule has 2 amide bonds. The van der Waals surface area contributed by atoms with Crippen LogP contribution >= 0.6 is 22.6 Å². The Labute approximate surface area is 256 Å². The maximum atomic E-state index is 14.0. The second kappa shape index (κ2) is 10.6. The molecule has 1 aliphatic rings. The third-order valence-electron chi connectivity index (χ3n) is 6.83. The molecule has 13 heteroatoms. The highest BCUT2D eigenvalue weighted by molar-refractivity contribution is 14.1. The van der Waals surface area contributed by atoms with Crippen LogP contribution in [0.1, 0.15) is 28.5 Å². The molecule has 43 heavy (non-hydrogen) atoms. The number of benzene rings is 2. The van der Waals surface area contributed by atoms with E-state index >= 15 is 0 Å². The number of aromatic amines is 1.